The Morgan fingerprint density at radius 3 is 2.59 bits per heavy atom. The molecule has 1 aromatic rings. The van der Waals surface area contributed by atoms with Crippen molar-refractivity contribution in [2.45, 2.75) is 90.7 Å². The normalized spacial score (nSPS) is 49.2. The van der Waals surface area contributed by atoms with E-state index in [1.807, 2.05) is 19.2 Å². The van der Waals surface area contributed by atoms with E-state index in [1.54, 1.807) is 10.9 Å². The fourth-order valence-electron chi connectivity index (χ4n) is 8.62. The molecule has 5 rings (SSSR count). The van der Waals surface area contributed by atoms with Gasteiger partial charge < -0.3 is 5.11 Å². The first kappa shape index (κ1) is 19.8. The number of ketones is 1. The maximum Gasteiger partial charge on any atom is 0.157 e. The summed E-state index contributed by atoms with van der Waals surface area (Å²) in [6, 6.07) is 1.90. The summed E-state index contributed by atoms with van der Waals surface area (Å²) in [6.45, 7) is 7.46. The lowest BCUT2D eigenvalue weighted by Gasteiger charge is -2.61. The Balaban J connectivity index is 1.36. The number of Topliss-reactive ketones (excluding diaryl/α,β-unsaturated/α-hetero) is 1. The molecule has 4 heteroatoms. The zero-order valence-electron chi connectivity index (χ0n) is 18.4. The minimum atomic E-state index is -0.461. The number of hydrogen-bond acceptors (Lipinski definition) is 3. The Bertz CT molecular complexity index is 772. The van der Waals surface area contributed by atoms with Gasteiger partial charge in [-0.25, -0.2) is 0 Å². The highest BCUT2D eigenvalue weighted by Gasteiger charge is 2.61. The van der Waals surface area contributed by atoms with Crippen LogP contribution in [0.5, 0.6) is 0 Å². The van der Waals surface area contributed by atoms with Crippen LogP contribution >= 0.6 is 0 Å². The van der Waals surface area contributed by atoms with Crippen LogP contribution in [0.3, 0.4) is 0 Å². The number of hydrogen-bond donors (Lipinski definition) is 1. The van der Waals surface area contributed by atoms with Crippen LogP contribution in [0.4, 0.5) is 0 Å². The third-order valence-corrected chi connectivity index (χ3v) is 10.2. The quantitative estimate of drug-likeness (QED) is 0.791. The van der Waals surface area contributed by atoms with Crippen molar-refractivity contribution < 1.29 is 9.90 Å². The molecule has 29 heavy (non-hydrogen) atoms. The van der Waals surface area contributed by atoms with Crippen molar-refractivity contribution in [2.24, 2.45) is 40.4 Å². The summed E-state index contributed by atoms with van der Waals surface area (Å²) < 4.78 is 1.80. The minimum Gasteiger partial charge on any atom is -0.390 e. The van der Waals surface area contributed by atoms with E-state index >= 15 is 0 Å². The summed E-state index contributed by atoms with van der Waals surface area (Å²) in [5, 5.41) is 14.9. The van der Waals surface area contributed by atoms with Gasteiger partial charge in [-0.1, -0.05) is 13.8 Å². The van der Waals surface area contributed by atoms with Gasteiger partial charge in [0.2, 0.25) is 0 Å². The molecule has 1 heterocycles. The van der Waals surface area contributed by atoms with Crippen molar-refractivity contribution in [2.75, 3.05) is 0 Å². The van der Waals surface area contributed by atoms with E-state index < -0.39 is 5.60 Å². The number of aromatic nitrogens is 2. The van der Waals surface area contributed by atoms with Gasteiger partial charge in [-0.15, -0.1) is 0 Å². The lowest BCUT2D eigenvalue weighted by atomic mass is 9.44. The Hall–Kier alpha value is -1.16. The fourth-order valence-corrected chi connectivity index (χ4v) is 8.62. The summed E-state index contributed by atoms with van der Waals surface area (Å²) >= 11 is 0. The molecule has 0 bridgehead atoms. The molecule has 4 aliphatic rings. The second-order valence-electron chi connectivity index (χ2n) is 11.7. The molecule has 4 aliphatic carbocycles. The van der Waals surface area contributed by atoms with Crippen LogP contribution < -0.4 is 0 Å². The van der Waals surface area contributed by atoms with E-state index in [2.05, 4.69) is 18.9 Å². The van der Waals surface area contributed by atoms with Crippen molar-refractivity contribution in [3.63, 3.8) is 0 Å². The molecule has 4 nitrogen and oxygen atoms in total. The van der Waals surface area contributed by atoms with E-state index in [0.29, 0.717) is 29.6 Å². The average Bonchev–Trinajstić information content (AvgIpc) is 3.29. The van der Waals surface area contributed by atoms with Gasteiger partial charge in [-0.2, -0.15) is 5.10 Å². The highest BCUT2D eigenvalue weighted by atomic mass is 16.3. The SMILES string of the molecule is C[C@@]1(O)CC[C@]2(C)[C@@H](CC[C@@H]3[C@H]2CC[C@]2(C)[C@@H](C(=O)Cn4cccn4)CC[C@@H]32)C1. The minimum absolute atomic E-state index is 0.175. The largest absolute Gasteiger partial charge is 0.390 e. The summed E-state index contributed by atoms with van der Waals surface area (Å²) in [5.41, 5.74) is 0.107. The molecule has 8 atom stereocenters. The molecule has 0 saturated heterocycles. The lowest BCUT2D eigenvalue weighted by molar-refractivity contribution is -0.151. The number of carbonyl (C=O) groups is 1. The number of aliphatic hydroxyl groups is 1. The van der Waals surface area contributed by atoms with Gasteiger partial charge in [-0.05, 0) is 105 Å². The predicted molar refractivity (Wildman–Crippen MR) is 113 cm³/mol. The first-order chi connectivity index (χ1) is 13.7. The van der Waals surface area contributed by atoms with Crippen LogP contribution in [0.2, 0.25) is 0 Å². The Kier molecular flexibility index (Phi) is 4.55. The topological polar surface area (TPSA) is 55.1 Å². The average molecular weight is 399 g/mol. The van der Waals surface area contributed by atoms with Crippen molar-refractivity contribution in [1.82, 2.24) is 9.78 Å². The van der Waals surface area contributed by atoms with Crippen molar-refractivity contribution in [1.29, 1.82) is 0 Å². The number of carbonyl (C=O) groups excluding carboxylic acids is 1. The van der Waals surface area contributed by atoms with Crippen LogP contribution in [-0.4, -0.2) is 26.3 Å². The highest BCUT2D eigenvalue weighted by molar-refractivity contribution is 5.82. The third kappa shape index (κ3) is 3.04. The summed E-state index contributed by atoms with van der Waals surface area (Å²) in [6.07, 6.45) is 14.1. The zero-order valence-corrected chi connectivity index (χ0v) is 18.4. The van der Waals surface area contributed by atoms with Crippen LogP contribution in [-0.2, 0) is 11.3 Å². The second kappa shape index (κ2) is 6.67. The van der Waals surface area contributed by atoms with E-state index in [9.17, 15) is 9.90 Å². The van der Waals surface area contributed by atoms with Crippen molar-refractivity contribution in [3.8, 4) is 0 Å². The van der Waals surface area contributed by atoms with Crippen LogP contribution in [0.15, 0.2) is 18.5 Å². The van der Waals surface area contributed by atoms with Gasteiger partial charge in [0.1, 0.15) is 0 Å². The van der Waals surface area contributed by atoms with E-state index in [4.69, 9.17) is 0 Å². The van der Waals surface area contributed by atoms with Crippen LogP contribution in [0, 0.1) is 40.4 Å². The fraction of sp³-hybridized carbons (Fsp3) is 0.840. The number of rotatable bonds is 3. The molecular formula is C25H38N2O2. The molecule has 1 N–H and O–H groups in total. The Labute approximate surface area is 175 Å². The zero-order chi connectivity index (χ0) is 20.4. The van der Waals surface area contributed by atoms with Crippen LogP contribution in [0.25, 0.3) is 0 Å². The monoisotopic (exact) mass is 398 g/mol. The Morgan fingerprint density at radius 1 is 1.03 bits per heavy atom. The standard InChI is InChI=1S/C25H38N2O2/c1-23(29)11-12-24(2)17(15-23)5-6-18-19-7-8-21(25(19,3)10-9-20(18)24)22(28)16-27-14-4-13-26-27/h4,13-14,17-21,29H,5-12,15-16H2,1-3H3/t17-,18-,19-,20+,21+,23+,24+,25-/m0/s1. The second-order valence-corrected chi connectivity index (χ2v) is 11.7. The first-order valence-corrected chi connectivity index (χ1v) is 12.0. The summed E-state index contributed by atoms with van der Waals surface area (Å²) in [4.78, 5) is 13.2. The molecular weight excluding hydrogens is 360 g/mol. The summed E-state index contributed by atoms with van der Waals surface area (Å²) in [5.74, 6) is 3.54. The molecule has 0 radical (unpaired) electrons. The predicted octanol–water partition coefficient (Wildman–Crippen LogP) is 4.86. The smallest absolute Gasteiger partial charge is 0.157 e. The maximum absolute atomic E-state index is 13.2. The van der Waals surface area contributed by atoms with Gasteiger partial charge in [-0.3, -0.25) is 9.48 Å². The molecule has 4 fully saturated rings. The Morgan fingerprint density at radius 2 is 1.83 bits per heavy atom. The van der Waals surface area contributed by atoms with Gasteiger partial charge in [0.25, 0.3) is 0 Å². The van der Waals surface area contributed by atoms with Gasteiger partial charge >= 0.3 is 0 Å². The lowest BCUT2D eigenvalue weighted by Crippen LogP contribution is -2.55. The molecule has 0 amide bonds. The van der Waals surface area contributed by atoms with E-state index in [1.165, 1.54) is 38.5 Å². The first-order valence-electron chi connectivity index (χ1n) is 12.0. The molecule has 4 saturated carbocycles. The van der Waals surface area contributed by atoms with E-state index in [-0.39, 0.29) is 11.3 Å². The number of nitrogens with zero attached hydrogens (tertiary/aromatic N) is 2. The van der Waals surface area contributed by atoms with Gasteiger partial charge in [0, 0.05) is 18.3 Å². The van der Waals surface area contributed by atoms with Crippen molar-refractivity contribution in [3.05, 3.63) is 18.5 Å². The number of fused-ring (bicyclic) bond motifs is 5. The van der Waals surface area contributed by atoms with E-state index in [0.717, 1.165) is 31.1 Å². The third-order valence-electron chi connectivity index (χ3n) is 10.2. The molecule has 0 unspecified atom stereocenters. The maximum atomic E-state index is 13.2. The van der Waals surface area contributed by atoms with Crippen LogP contribution in [0.1, 0.15) is 78.6 Å². The highest BCUT2D eigenvalue weighted by Crippen LogP contribution is 2.68. The summed E-state index contributed by atoms with van der Waals surface area (Å²) in [7, 11) is 0. The molecule has 0 aromatic carbocycles. The van der Waals surface area contributed by atoms with Crippen molar-refractivity contribution >= 4 is 5.78 Å². The van der Waals surface area contributed by atoms with Gasteiger partial charge in [0.05, 0.1) is 12.1 Å². The van der Waals surface area contributed by atoms with Gasteiger partial charge in [0.15, 0.2) is 5.78 Å². The molecule has 1 aromatic heterocycles. The molecule has 0 spiro atoms. The molecule has 0 aliphatic heterocycles. The molecule has 160 valence electrons.